The molecule has 20 heavy (non-hydrogen) atoms. The van der Waals surface area contributed by atoms with Gasteiger partial charge in [0.05, 0.1) is 13.2 Å². The Morgan fingerprint density at radius 1 is 1.05 bits per heavy atom. The Morgan fingerprint density at radius 3 is 2.15 bits per heavy atom. The lowest BCUT2D eigenvalue weighted by molar-refractivity contribution is 0.0683. The van der Waals surface area contributed by atoms with E-state index >= 15 is 0 Å². The van der Waals surface area contributed by atoms with Crippen molar-refractivity contribution in [1.29, 1.82) is 0 Å². The quantitative estimate of drug-likeness (QED) is 0.688. The molecule has 2 N–H and O–H groups in total. The van der Waals surface area contributed by atoms with E-state index < -0.39 is 10.2 Å². The highest BCUT2D eigenvalue weighted by molar-refractivity contribution is 7.86. The number of hydrogen-bond donors (Lipinski definition) is 1. The van der Waals surface area contributed by atoms with Crippen LogP contribution in [0.1, 0.15) is 6.92 Å². The second-order valence-corrected chi connectivity index (χ2v) is 7.49. The van der Waals surface area contributed by atoms with Crippen LogP contribution in [-0.4, -0.2) is 87.5 Å². The number of morpholine rings is 1. The molecule has 0 aromatic rings. The molecule has 1 atom stereocenters. The molecule has 1 unspecified atom stereocenters. The van der Waals surface area contributed by atoms with Crippen molar-refractivity contribution in [2.24, 2.45) is 11.7 Å². The van der Waals surface area contributed by atoms with Gasteiger partial charge in [0.25, 0.3) is 10.2 Å². The molecule has 0 radical (unpaired) electrons. The van der Waals surface area contributed by atoms with Gasteiger partial charge in [-0.1, -0.05) is 6.92 Å². The Bertz CT molecular complexity index is 390. The van der Waals surface area contributed by atoms with E-state index in [0.717, 1.165) is 19.6 Å². The van der Waals surface area contributed by atoms with Crippen LogP contribution in [0.5, 0.6) is 0 Å². The first-order valence-corrected chi connectivity index (χ1v) is 8.69. The van der Waals surface area contributed by atoms with Gasteiger partial charge in [-0.3, -0.25) is 0 Å². The van der Waals surface area contributed by atoms with Crippen molar-refractivity contribution in [3.05, 3.63) is 0 Å². The van der Waals surface area contributed by atoms with Gasteiger partial charge in [-0.15, -0.1) is 0 Å². The molecule has 2 fully saturated rings. The number of rotatable bonds is 5. The van der Waals surface area contributed by atoms with Crippen LogP contribution in [0, 0.1) is 5.92 Å². The van der Waals surface area contributed by atoms with Gasteiger partial charge in [0, 0.05) is 45.8 Å². The number of nitrogens with zero attached hydrogens (tertiary/aromatic N) is 3. The maximum atomic E-state index is 12.5. The average molecular weight is 306 g/mol. The molecule has 2 aliphatic rings. The van der Waals surface area contributed by atoms with Crippen LogP contribution in [0.4, 0.5) is 0 Å². The molecule has 0 aromatic heterocycles. The molecule has 0 saturated carbocycles. The molecule has 8 heteroatoms. The molecule has 2 saturated heterocycles. The maximum Gasteiger partial charge on any atom is 0.282 e. The van der Waals surface area contributed by atoms with Gasteiger partial charge in [-0.2, -0.15) is 17.0 Å². The highest BCUT2D eigenvalue weighted by Gasteiger charge is 2.33. The highest BCUT2D eigenvalue weighted by Crippen LogP contribution is 2.14. The lowest BCUT2D eigenvalue weighted by Gasteiger charge is -2.38. The summed E-state index contributed by atoms with van der Waals surface area (Å²) < 4.78 is 33.3. The molecule has 0 bridgehead atoms. The van der Waals surface area contributed by atoms with Gasteiger partial charge < -0.3 is 15.4 Å². The summed E-state index contributed by atoms with van der Waals surface area (Å²) >= 11 is 0. The van der Waals surface area contributed by atoms with Crippen LogP contribution in [0.3, 0.4) is 0 Å². The van der Waals surface area contributed by atoms with Crippen LogP contribution in [0.2, 0.25) is 0 Å². The zero-order valence-corrected chi connectivity index (χ0v) is 13.0. The Hall–Kier alpha value is -0.250. The molecule has 2 heterocycles. The van der Waals surface area contributed by atoms with Crippen LogP contribution in [0.15, 0.2) is 0 Å². The van der Waals surface area contributed by atoms with Gasteiger partial charge >= 0.3 is 0 Å². The average Bonchev–Trinajstić information content (AvgIpc) is 2.48. The molecule has 0 aliphatic carbocycles. The third-order valence-corrected chi connectivity index (χ3v) is 5.96. The number of piperazine rings is 1. The molecular formula is C12H26N4O3S. The van der Waals surface area contributed by atoms with Gasteiger partial charge in [-0.25, -0.2) is 0 Å². The summed E-state index contributed by atoms with van der Waals surface area (Å²) in [4.78, 5) is 2.29. The predicted octanol–water partition coefficient (Wildman–Crippen LogP) is -1.22. The van der Waals surface area contributed by atoms with E-state index in [0.29, 0.717) is 51.9 Å². The van der Waals surface area contributed by atoms with Crippen molar-refractivity contribution in [1.82, 2.24) is 13.5 Å². The third-order valence-electron chi connectivity index (χ3n) is 3.93. The summed E-state index contributed by atoms with van der Waals surface area (Å²) in [6, 6.07) is 0. The molecule has 0 spiro atoms. The summed E-state index contributed by atoms with van der Waals surface area (Å²) in [6.07, 6.45) is 0. The lowest BCUT2D eigenvalue weighted by atomic mass is 10.1. The second-order valence-electron chi connectivity index (χ2n) is 5.56. The minimum absolute atomic E-state index is 0.456. The van der Waals surface area contributed by atoms with Crippen molar-refractivity contribution >= 4 is 10.2 Å². The SMILES string of the molecule is CC(CN)CN1CCN(S(=O)(=O)N2CCOCC2)CC1. The highest BCUT2D eigenvalue weighted by atomic mass is 32.2. The van der Waals surface area contributed by atoms with Gasteiger partial charge in [0.1, 0.15) is 0 Å². The van der Waals surface area contributed by atoms with E-state index in [9.17, 15) is 8.42 Å². The normalized spacial score (nSPS) is 25.7. The van der Waals surface area contributed by atoms with E-state index in [1.54, 1.807) is 4.31 Å². The van der Waals surface area contributed by atoms with E-state index in [1.165, 1.54) is 4.31 Å². The summed E-state index contributed by atoms with van der Waals surface area (Å²) in [5.74, 6) is 0.456. The second kappa shape index (κ2) is 7.15. The summed E-state index contributed by atoms with van der Waals surface area (Å²) in [6.45, 7) is 8.36. The molecular weight excluding hydrogens is 280 g/mol. The van der Waals surface area contributed by atoms with E-state index in [4.69, 9.17) is 10.5 Å². The standard InChI is InChI=1S/C12H26N4O3S/c1-12(10-13)11-14-2-4-15(5-3-14)20(17,18)16-6-8-19-9-7-16/h12H,2-11,13H2,1H3. The first-order chi connectivity index (χ1) is 9.54. The first-order valence-electron chi connectivity index (χ1n) is 7.29. The molecule has 2 rings (SSSR count). The zero-order valence-electron chi connectivity index (χ0n) is 12.2. The fourth-order valence-electron chi connectivity index (χ4n) is 2.60. The van der Waals surface area contributed by atoms with Crippen molar-refractivity contribution in [2.75, 3.05) is 65.6 Å². The molecule has 0 amide bonds. The van der Waals surface area contributed by atoms with E-state index in [2.05, 4.69) is 11.8 Å². The van der Waals surface area contributed by atoms with Gasteiger partial charge in [0.2, 0.25) is 0 Å². The van der Waals surface area contributed by atoms with Gasteiger partial charge in [-0.05, 0) is 12.5 Å². The van der Waals surface area contributed by atoms with Gasteiger partial charge in [0.15, 0.2) is 0 Å². The largest absolute Gasteiger partial charge is 0.379 e. The predicted molar refractivity (Wildman–Crippen MR) is 77.5 cm³/mol. The zero-order chi connectivity index (χ0) is 14.6. The summed E-state index contributed by atoms with van der Waals surface area (Å²) in [5.41, 5.74) is 5.63. The van der Waals surface area contributed by atoms with Crippen molar-refractivity contribution in [3.8, 4) is 0 Å². The minimum atomic E-state index is -3.31. The van der Waals surface area contributed by atoms with E-state index in [1.807, 2.05) is 0 Å². The monoisotopic (exact) mass is 306 g/mol. The van der Waals surface area contributed by atoms with Crippen molar-refractivity contribution in [3.63, 3.8) is 0 Å². The Labute approximate surface area is 121 Å². The molecule has 2 aliphatic heterocycles. The van der Waals surface area contributed by atoms with Crippen LogP contribution in [-0.2, 0) is 14.9 Å². The Balaban J connectivity index is 1.86. The van der Waals surface area contributed by atoms with Crippen molar-refractivity contribution in [2.45, 2.75) is 6.92 Å². The van der Waals surface area contributed by atoms with Crippen LogP contribution in [0.25, 0.3) is 0 Å². The lowest BCUT2D eigenvalue weighted by Crippen LogP contribution is -2.55. The topological polar surface area (TPSA) is 79.1 Å². The molecule has 0 aromatic carbocycles. The fraction of sp³-hybridized carbons (Fsp3) is 1.00. The summed E-state index contributed by atoms with van der Waals surface area (Å²) in [7, 11) is -3.31. The van der Waals surface area contributed by atoms with Crippen molar-refractivity contribution < 1.29 is 13.2 Å². The third kappa shape index (κ3) is 3.90. The maximum absolute atomic E-state index is 12.5. The smallest absolute Gasteiger partial charge is 0.282 e. The van der Waals surface area contributed by atoms with Crippen LogP contribution >= 0.6 is 0 Å². The molecule has 118 valence electrons. The number of nitrogens with two attached hydrogens (primary N) is 1. The number of ether oxygens (including phenoxy) is 1. The minimum Gasteiger partial charge on any atom is -0.379 e. The Kier molecular flexibility index (Phi) is 5.76. The van der Waals surface area contributed by atoms with Crippen LogP contribution < -0.4 is 5.73 Å². The van der Waals surface area contributed by atoms with E-state index in [-0.39, 0.29) is 0 Å². The summed E-state index contributed by atoms with van der Waals surface area (Å²) in [5, 5.41) is 0. The number of hydrogen-bond acceptors (Lipinski definition) is 5. The fourth-order valence-corrected chi connectivity index (χ4v) is 4.16. The Morgan fingerprint density at radius 2 is 1.60 bits per heavy atom. The molecule has 7 nitrogen and oxygen atoms in total. The first kappa shape index (κ1) is 16.1.